The van der Waals surface area contributed by atoms with Gasteiger partial charge < -0.3 is 9.47 Å². The normalized spacial score (nSPS) is 14.0. The number of rotatable bonds is 7. The molecule has 28 heavy (non-hydrogen) atoms. The summed E-state index contributed by atoms with van der Waals surface area (Å²) in [7, 11) is -1.57. The first-order chi connectivity index (χ1) is 13.4. The van der Waals surface area contributed by atoms with Crippen molar-refractivity contribution in [2.75, 3.05) is 14.2 Å². The Kier molecular flexibility index (Phi) is 5.81. The number of sulfonamides is 1. The Bertz CT molecular complexity index is 949. The minimum atomic E-state index is -3.95. The van der Waals surface area contributed by atoms with Crippen molar-refractivity contribution in [3.05, 3.63) is 65.2 Å². The number of carbonyl (C=O) groups is 2. The highest BCUT2D eigenvalue weighted by Crippen LogP contribution is 2.34. The fourth-order valence-corrected chi connectivity index (χ4v) is 4.64. The quantitative estimate of drug-likeness (QED) is 0.660. The van der Waals surface area contributed by atoms with Crippen molar-refractivity contribution in [3.63, 3.8) is 0 Å². The molecular formula is C20H21NO6S. The van der Waals surface area contributed by atoms with Gasteiger partial charge in [0.05, 0.1) is 30.2 Å². The van der Waals surface area contributed by atoms with E-state index in [1.54, 1.807) is 0 Å². The maximum Gasteiger partial charge on any atom is 0.337 e. The lowest BCUT2D eigenvalue weighted by atomic mass is 10.1. The van der Waals surface area contributed by atoms with Crippen molar-refractivity contribution in [2.45, 2.75) is 30.3 Å². The number of hydrogen-bond acceptors (Lipinski definition) is 6. The molecule has 0 atom stereocenters. The van der Waals surface area contributed by atoms with Gasteiger partial charge >= 0.3 is 11.9 Å². The molecule has 3 rings (SSSR count). The average Bonchev–Trinajstić information content (AvgIpc) is 3.56. The molecule has 1 fully saturated rings. The van der Waals surface area contributed by atoms with Gasteiger partial charge in [-0.2, -0.15) is 4.31 Å². The molecule has 0 radical (unpaired) electrons. The SMILES string of the molecule is COC(=O)c1cc(C(=O)OC)cc(S(=O)(=O)N(Cc2ccccc2)C2CC2)c1. The molecule has 2 aromatic carbocycles. The second-order valence-corrected chi connectivity index (χ2v) is 8.39. The maximum absolute atomic E-state index is 13.4. The van der Waals surface area contributed by atoms with Gasteiger partial charge in [-0.1, -0.05) is 30.3 Å². The Morgan fingerprint density at radius 1 is 0.964 bits per heavy atom. The molecule has 148 valence electrons. The van der Waals surface area contributed by atoms with E-state index in [2.05, 4.69) is 9.47 Å². The number of nitrogens with zero attached hydrogens (tertiary/aromatic N) is 1. The van der Waals surface area contributed by atoms with Crippen molar-refractivity contribution < 1.29 is 27.5 Å². The number of hydrogen-bond donors (Lipinski definition) is 0. The molecule has 0 aliphatic heterocycles. The fourth-order valence-electron chi connectivity index (χ4n) is 2.89. The lowest BCUT2D eigenvalue weighted by molar-refractivity contribution is 0.0598. The standard InChI is InChI=1S/C20H21NO6S/c1-26-19(22)15-10-16(20(23)27-2)12-18(11-15)28(24,25)21(17-8-9-17)13-14-6-4-3-5-7-14/h3-7,10-12,17H,8-9,13H2,1-2H3. The lowest BCUT2D eigenvalue weighted by Gasteiger charge is -2.22. The van der Waals surface area contributed by atoms with Crippen LogP contribution in [0.2, 0.25) is 0 Å². The van der Waals surface area contributed by atoms with Gasteiger partial charge in [0, 0.05) is 12.6 Å². The molecule has 1 saturated carbocycles. The van der Waals surface area contributed by atoms with Crippen molar-refractivity contribution >= 4 is 22.0 Å². The number of methoxy groups -OCH3 is 2. The van der Waals surface area contributed by atoms with Gasteiger partial charge in [0.25, 0.3) is 0 Å². The average molecular weight is 403 g/mol. The summed E-state index contributed by atoms with van der Waals surface area (Å²) in [5.74, 6) is -1.47. The summed E-state index contributed by atoms with van der Waals surface area (Å²) in [6.07, 6.45) is 1.54. The van der Waals surface area contributed by atoms with E-state index in [0.717, 1.165) is 18.4 Å². The van der Waals surface area contributed by atoms with Gasteiger partial charge in [-0.15, -0.1) is 0 Å². The monoisotopic (exact) mass is 403 g/mol. The topological polar surface area (TPSA) is 90.0 Å². The fraction of sp³-hybridized carbons (Fsp3) is 0.300. The minimum absolute atomic E-state index is 0.0283. The van der Waals surface area contributed by atoms with Crippen LogP contribution >= 0.6 is 0 Å². The van der Waals surface area contributed by atoms with Gasteiger partial charge in [0.15, 0.2) is 0 Å². The lowest BCUT2D eigenvalue weighted by Crippen LogP contribution is -2.33. The van der Waals surface area contributed by atoms with Crippen LogP contribution in [-0.2, 0) is 26.0 Å². The molecule has 7 nitrogen and oxygen atoms in total. The second-order valence-electron chi connectivity index (χ2n) is 6.50. The summed E-state index contributed by atoms with van der Waals surface area (Å²) in [5, 5.41) is 0. The Morgan fingerprint density at radius 2 is 1.50 bits per heavy atom. The molecule has 0 saturated heterocycles. The Hall–Kier alpha value is -2.71. The van der Waals surface area contributed by atoms with E-state index in [-0.39, 0.29) is 28.6 Å². The summed E-state index contributed by atoms with van der Waals surface area (Å²) < 4.78 is 37.5. The molecular weight excluding hydrogens is 382 g/mol. The molecule has 1 aliphatic rings. The maximum atomic E-state index is 13.4. The first-order valence-electron chi connectivity index (χ1n) is 8.74. The minimum Gasteiger partial charge on any atom is -0.465 e. The number of carbonyl (C=O) groups excluding carboxylic acids is 2. The van der Waals surface area contributed by atoms with Crippen molar-refractivity contribution in [3.8, 4) is 0 Å². The highest BCUT2D eigenvalue weighted by Gasteiger charge is 2.38. The van der Waals surface area contributed by atoms with E-state index in [9.17, 15) is 18.0 Å². The summed E-state index contributed by atoms with van der Waals surface area (Å²) in [4.78, 5) is 23.8. The third-order valence-corrected chi connectivity index (χ3v) is 6.37. The van der Waals surface area contributed by atoms with Crippen LogP contribution in [0.5, 0.6) is 0 Å². The molecule has 0 aromatic heterocycles. The van der Waals surface area contributed by atoms with Crippen LogP contribution < -0.4 is 0 Å². The van der Waals surface area contributed by atoms with Crippen molar-refractivity contribution in [1.29, 1.82) is 0 Å². The van der Waals surface area contributed by atoms with Gasteiger partial charge in [-0.25, -0.2) is 18.0 Å². The zero-order valence-electron chi connectivity index (χ0n) is 15.6. The smallest absolute Gasteiger partial charge is 0.337 e. The predicted octanol–water partition coefficient (Wildman–Crippen LogP) is 2.61. The van der Waals surface area contributed by atoms with E-state index in [0.29, 0.717) is 0 Å². The van der Waals surface area contributed by atoms with Gasteiger partial charge in [0.1, 0.15) is 0 Å². The highest BCUT2D eigenvalue weighted by atomic mass is 32.2. The second kappa shape index (κ2) is 8.12. The molecule has 0 N–H and O–H groups in total. The van der Waals surface area contributed by atoms with Crippen molar-refractivity contribution in [2.24, 2.45) is 0 Å². The van der Waals surface area contributed by atoms with Gasteiger partial charge in [-0.3, -0.25) is 0 Å². The number of benzene rings is 2. The molecule has 0 heterocycles. The first kappa shape index (κ1) is 20.0. The van der Waals surface area contributed by atoms with Crippen LogP contribution in [0.4, 0.5) is 0 Å². The molecule has 0 amide bonds. The summed E-state index contributed by atoms with van der Waals surface area (Å²) in [5.41, 5.74) is 0.800. The third kappa shape index (κ3) is 4.23. The van der Waals surface area contributed by atoms with Gasteiger partial charge in [0.2, 0.25) is 10.0 Å². The Labute approximate surface area is 163 Å². The summed E-state index contributed by atoms with van der Waals surface area (Å²) >= 11 is 0. The summed E-state index contributed by atoms with van der Waals surface area (Å²) in [6.45, 7) is 0.212. The molecule has 0 unspecified atom stereocenters. The van der Waals surface area contributed by atoms with E-state index >= 15 is 0 Å². The van der Waals surface area contributed by atoms with E-state index in [1.165, 1.54) is 36.7 Å². The largest absolute Gasteiger partial charge is 0.465 e. The zero-order valence-corrected chi connectivity index (χ0v) is 16.4. The van der Waals surface area contributed by atoms with E-state index in [4.69, 9.17) is 0 Å². The van der Waals surface area contributed by atoms with Crippen LogP contribution in [0.15, 0.2) is 53.4 Å². The van der Waals surface area contributed by atoms with Crippen LogP contribution in [0.1, 0.15) is 39.1 Å². The molecule has 1 aliphatic carbocycles. The van der Waals surface area contributed by atoms with Crippen molar-refractivity contribution in [1.82, 2.24) is 4.31 Å². The highest BCUT2D eigenvalue weighted by molar-refractivity contribution is 7.89. The van der Waals surface area contributed by atoms with Crippen LogP contribution in [0.25, 0.3) is 0 Å². The Balaban J connectivity index is 2.05. The number of ether oxygens (including phenoxy) is 2. The first-order valence-corrected chi connectivity index (χ1v) is 10.2. The summed E-state index contributed by atoms with van der Waals surface area (Å²) in [6, 6.07) is 12.9. The van der Waals surface area contributed by atoms with Gasteiger partial charge in [-0.05, 0) is 36.6 Å². The molecule has 0 spiro atoms. The van der Waals surface area contributed by atoms with Crippen LogP contribution in [0, 0.1) is 0 Å². The van der Waals surface area contributed by atoms with E-state index < -0.39 is 22.0 Å². The predicted molar refractivity (Wildman–Crippen MR) is 101 cm³/mol. The molecule has 2 aromatic rings. The number of esters is 2. The molecule has 8 heteroatoms. The Morgan fingerprint density at radius 3 is 1.96 bits per heavy atom. The molecule has 0 bridgehead atoms. The third-order valence-electron chi connectivity index (χ3n) is 4.49. The van der Waals surface area contributed by atoms with Crippen LogP contribution in [0.3, 0.4) is 0 Å². The zero-order chi connectivity index (χ0) is 20.3. The van der Waals surface area contributed by atoms with E-state index in [1.807, 2.05) is 30.3 Å². The van der Waals surface area contributed by atoms with Crippen LogP contribution in [-0.4, -0.2) is 44.9 Å².